The van der Waals surface area contributed by atoms with Gasteiger partial charge in [-0.2, -0.15) is 0 Å². The quantitative estimate of drug-likeness (QED) is 0.614. The van der Waals surface area contributed by atoms with E-state index < -0.39 is 0 Å². The summed E-state index contributed by atoms with van der Waals surface area (Å²) >= 11 is 0. The van der Waals surface area contributed by atoms with Gasteiger partial charge >= 0.3 is 0 Å². The first-order valence-corrected chi connectivity index (χ1v) is 7.89. The van der Waals surface area contributed by atoms with Crippen LogP contribution >= 0.6 is 0 Å². The summed E-state index contributed by atoms with van der Waals surface area (Å²) in [4.78, 5) is 14.2. The first kappa shape index (κ1) is 16.3. The number of nitrogens with zero attached hydrogens (tertiary/aromatic N) is 1. The van der Waals surface area contributed by atoms with E-state index in [1.54, 1.807) is 13.2 Å². The van der Waals surface area contributed by atoms with Crippen LogP contribution in [0.5, 0.6) is 5.75 Å². The van der Waals surface area contributed by atoms with Crippen LogP contribution in [-0.2, 0) is 11.2 Å². The number of hydrogen-bond acceptors (Lipinski definition) is 2. The molecule has 0 aliphatic carbocycles. The zero-order valence-corrected chi connectivity index (χ0v) is 13.5. The third-order valence-corrected chi connectivity index (χ3v) is 4.36. The fourth-order valence-electron chi connectivity index (χ4n) is 2.95. The summed E-state index contributed by atoms with van der Waals surface area (Å²) in [5, 5.41) is 0. The lowest BCUT2D eigenvalue weighted by atomic mass is 9.90. The lowest BCUT2D eigenvalue weighted by Gasteiger charge is -2.32. The second-order valence-corrected chi connectivity index (χ2v) is 5.74. The zero-order chi connectivity index (χ0) is 15.9. The zero-order valence-electron chi connectivity index (χ0n) is 13.5. The number of amides is 1. The summed E-state index contributed by atoms with van der Waals surface area (Å²) in [5.41, 5.74) is 2.04. The van der Waals surface area contributed by atoms with E-state index in [0.717, 1.165) is 38.1 Å². The van der Waals surface area contributed by atoms with Crippen molar-refractivity contribution in [1.82, 2.24) is 4.90 Å². The largest absolute Gasteiger partial charge is 0.497 e. The average Bonchev–Trinajstić information content (AvgIpc) is 2.57. The third-order valence-electron chi connectivity index (χ3n) is 4.36. The molecule has 1 aliphatic rings. The Morgan fingerprint density at radius 2 is 1.95 bits per heavy atom. The molecule has 0 atom stereocenters. The molecule has 22 heavy (non-hydrogen) atoms. The number of hydrogen-bond donors (Lipinski definition) is 0. The Morgan fingerprint density at radius 1 is 1.32 bits per heavy atom. The molecule has 1 saturated heterocycles. The van der Waals surface area contributed by atoms with E-state index in [1.807, 2.05) is 30.0 Å². The Morgan fingerprint density at radius 3 is 2.45 bits per heavy atom. The molecule has 0 N–H and O–H groups in total. The van der Waals surface area contributed by atoms with Crippen molar-refractivity contribution in [2.45, 2.75) is 26.2 Å². The van der Waals surface area contributed by atoms with Gasteiger partial charge in [0.15, 0.2) is 0 Å². The standard InChI is InChI=1S/C19H25NO2/c1-4-17(5-2)19(21)20-12-10-16(11-13-20)14-15-6-8-18(22-3)9-7-15/h4-9,16H,1,10-14H2,2-3H3. The fraction of sp³-hybridized carbons (Fsp3) is 0.421. The molecule has 0 saturated carbocycles. The molecule has 3 heteroatoms. The normalized spacial score (nSPS) is 16.5. The van der Waals surface area contributed by atoms with Gasteiger partial charge in [-0.05, 0) is 49.8 Å². The van der Waals surface area contributed by atoms with Gasteiger partial charge in [0.2, 0.25) is 0 Å². The van der Waals surface area contributed by atoms with Crippen LogP contribution in [0, 0.1) is 5.92 Å². The molecule has 0 unspecified atom stereocenters. The molecule has 0 aromatic heterocycles. The number of likely N-dealkylation sites (tertiary alicyclic amines) is 1. The highest BCUT2D eigenvalue weighted by atomic mass is 16.5. The average molecular weight is 299 g/mol. The van der Waals surface area contributed by atoms with Gasteiger partial charge in [-0.25, -0.2) is 0 Å². The van der Waals surface area contributed by atoms with E-state index in [4.69, 9.17) is 4.74 Å². The van der Waals surface area contributed by atoms with Crippen molar-refractivity contribution in [3.05, 3.63) is 54.1 Å². The van der Waals surface area contributed by atoms with E-state index >= 15 is 0 Å². The SMILES string of the molecule is C=CC(=CC)C(=O)N1CCC(Cc2ccc(OC)cc2)CC1. The number of rotatable bonds is 5. The van der Waals surface area contributed by atoms with Crippen LogP contribution in [0.2, 0.25) is 0 Å². The number of methoxy groups -OCH3 is 1. The van der Waals surface area contributed by atoms with Crippen molar-refractivity contribution < 1.29 is 9.53 Å². The van der Waals surface area contributed by atoms with Crippen LogP contribution in [0.3, 0.4) is 0 Å². The highest BCUT2D eigenvalue weighted by Gasteiger charge is 2.23. The highest BCUT2D eigenvalue weighted by Crippen LogP contribution is 2.23. The molecular formula is C19H25NO2. The summed E-state index contributed by atoms with van der Waals surface area (Å²) in [6, 6.07) is 8.28. The summed E-state index contributed by atoms with van der Waals surface area (Å²) in [5.74, 6) is 1.66. The van der Waals surface area contributed by atoms with Gasteiger partial charge in [-0.1, -0.05) is 30.9 Å². The minimum absolute atomic E-state index is 0.111. The third kappa shape index (κ3) is 4.00. The van der Waals surface area contributed by atoms with Gasteiger partial charge in [0.1, 0.15) is 5.75 Å². The van der Waals surface area contributed by atoms with E-state index in [1.165, 1.54) is 5.56 Å². The Bertz CT molecular complexity index is 537. The Hall–Kier alpha value is -2.03. The van der Waals surface area contributed by atoms with E-state index in [-0.39, 0.29) is 5.91 Å². The van der Waals surface area contributed by atoms with E-state index in [2.05, 4.69) is 18.7 Å². The van der Waals surface area contributed by atoms with Gasteiger partial charge in [0, 0.05) is 18.7 Å². The molecule has 118 valence electrons. The summed E-state index contributed by atoms with van der Waals surface area (Å²) in [6.45, 7) is 7.26. The first-order chi connectivity index (χ1) is 10.7. The number of benzene rings is 1. The molecule has 1 aromatic carbocycles. The summed E-state index contributed by atoms with van der Waals surface area (Å²) in [6.07, 6.45) is 6.67. The topological polar surface area (TPSA) is 29.5 Å². The predicted molar refractivity (Wildman–Crippen MR) is 90.0 cm³/mol. The lowest BCUT2D eigenvalue weighted by molar-refractivity contribution is -0.128. The number of allylic oxidation sites excluding steroid dienone is 1. The van der Waals surface area contributed by atoms with Gasteiger partial charge in [0.05, 0.1) is 7.11 Å². The monoisotopic (exact) mass is 299 g/mol. The minimum atomic E-state index is 0.111. The first-order valence-electron chi connectivity index (χ1n) is 7.89. The van der Waals surface area contributed by atoms with Gasteiger partial charge in [0.25, 0.3) is 5.91 Å². The van der Waals surface area contributed by atoms with Gasteiger partial charge < -0.3 is 9.64 Å². The maximum Gasteiger partial charge on any atom is 0.253 e. The van der Waals surface area contributed by atoms with Crippen molar-refractivity contribution in [3.8, 4) is 5.75 Å². The Balaban J connectivity index is 1.86. The Kier molecular flexibility index (Phi) is 5.82. The Labute approximate surface area is 133 Å². The number of carbonyl (C=O) groups excluding carboxylic acids is 1. The van der Waals surface area contributed by atoms with Crippen LogP contribution < -0.4 is 4.74 Å². The predicted octanol–water partition coefficient (Wildman–Crippen LogP) is 3.61. The van der Waals surface area contributed by atoms with Crippen LogP contribution in [0.1, 0.15) is 25.3 Å². The maximum absolute atomic E-state index is 12.3. The molecule has 1 fully saturated rings. The smallest absolute Gasteiger partial charge is 0.253 e. The minimum Gasteiger partial charge on any atom is -0.497 e. The highest BCUT2D eigenvalue weighted by molar-refractivity contribution is 5.96. The van der Waals surface area contributed by atoms with Crippen molar-refractivity contribution in [2.75, 3.05) is 20.2 Å². The molecule has 0 spiro atoms. The lowest BCUT2D eigenvalue weighted by Crippen LogP contribution is -2.39. The van der Waals surface area contributed by atoms with Crippen molar-refractivity contribution >= 4 is 5.91 Å². The summed E-state index contributed by atoms with van der Waals surface area (Å²) in [7, 11) is 1.68. The number of piperidine rings is 1. The summed E-state index contributed by atoms with van der Waals surface area (Å²) < 4.78 is 5.19. The van der Waals surface area contributed by atoms with Gasteiger partial charge in [-0.15, -0.1) is 0 Å². The van der Waals surface area contributed by atoms with Crippen molar-refractivity contribution in [2.24, 2.45) is 5.92 Å². The second kappa shape index (κ2) is 7.83. The second-order valence-electron chi connectivity index (χ2n) is 5.74. The molecular weight excluding hydrogens is 274 g/mol. The molecule has 1 amide bonds. The van der Waals surface area contributed by atoms with Crippen molar-refractivity contribution in [1.29, 1.82) is 0 Å². The van der Waals surface area contributed by atoms with Crippen LogP contribution in [0.15, 0.2) is 48.6 Å². The van der Waals surface area contributed by atoms with Crippen LogP contribution in [-0.4, -0.2) is 31.0 Å². The molecule has 1 aliphatic heterocycles. The molecule has 1 heterocycles. The molecule has 0 radical (unpaired) electrons. The van der Waals surface area contributed by atoms with Crippen LogP contribution in [0.4, 0.5) is 0 Å². The molecule has 3 nitrogen and oxygen atoms in total. The number of ether oxygens (including phenoxy) is 1. The van der Waals surface area contributed by atoms with Crippen LogP contribution in [0.25, 0.3) is 0 Å². The molecule has 0 bridgehead atoms. The van der Waals surface area contributed by atoms with E-state index in [9.17, 15) is 4.79 Å². The fourth-order valence-corrected chi connectivity index (χ4v) is 2.95. The van der Waals surface area contributed by atoms with Crippen molar-refractivity contribution in [3.63, 3.8) is 0 Å². The van der Waals surface area contributed by atoms with Gasteiger partial charge in [-0.3, -0.25) is 4.79 Å². The maximum atomic E-state index is 12.3. The molecule has 1 aromatic rings. The molecule has 2 rings (SSSR count). The van der Waals surface area contributed by atoms with E-state index in [0.29, 0.717) is 11.5 Å². The number of carbonyl (C=O) groups is 1.